The van der Waals surface area contributed by atoms with Crippen molar-refractivity contribution < 1.29 is 17.9 Å². The van der Waals surface area contributed by atoms with E-state index in [9.17, 15) is 13.2 Å². The molecule has 1 heterocycles. The molecule has 0 radical (unpaired) electrons. The van der Waals surface area contributed by atoms with Crippen LogP contribution in [0.5, 0.6) is 5.75 Å². The van der Waals surface area contributed by atoms with Crippen molar-refractivity contribution in [2.75, 3.05) is 18.5 Å². The van der Waals surface area contributed by atoms with Gasteiger partial charge >= 0.3 is 0 Å². The van der Waals surface area contributed by atoms with Crippen LogP contribution in [0, 0.1) is 11.8 Å². The number of anilines is 1. The zero-order valence-electron chi connectivity index (χ0n) is 17.8. The molecule has 0 spiro atoms. The van der Waals surface area contributed by atoms with Gasteiger partial charge in [-0.1, -0.05) is 18.2 Å². The fourth-order valence-electron chi connectivity index (χ4n) is 4.02. The van der Waals surface area contributed by atoms with E-state index >= 15 is 0 Å². The minimum Gasteiger partial charge on any atom is -0.492 e. The number of sulfonamides is 1. The van der Waals surface area contributed by atoms with E-state index in [4.69, 9.17) is 4.74 Å². The molecule has 0 bridgehead atoms. The number of hydrogen-bond donors (Lipinski definition) is 2. The molecule has 1 aliphatic rings. The molecule has 1 amide bonds. The maximum Gasteiger partial charge on any atom is 0.242 e. The SMILES string of the molecule is CCOc1ccccc1NC(=O)C1CCC(CNS(=O)(=O)c2cccc3nsnc23)CC1. The summed E-state index contributed by atoms with van der Waals surface area (Å²) in [5.41, 5.74) is 1.66. The van der Waals surface area contributed by atoms with Gasteiger partial charge in [0.05, 0.1) is 24.0 Å². The second kappa shape index (κ2) is 9.93. The second-order valence-electron chi connectivity index (χ2n) is 7.88. The number of nitrogens with one attached hydrogen (secondary N) is 2. The number of rotatable bonds is 8. The van der Waals surface area contributed by atoms with Crippen LogP contribution in [-0.2, 0) is 14.8 Å². The van der Waals surface area contributed by atoms with Gasteiger partial charge in [0.1, 0.15) is 21.7 Å². The first-order chi connectivity index (χ1) is 15.5. The summed E-state index contributed by atoms with van der Waals surface area (Å²) in [6, 6.07) is 12.4. The fourth-order valence-corrected chi connectivity index (χ4v) is 5.90. The first kappa shape index (κ1) is 22.6. The molecule has 1 fully saturated rings. The van der Waals surface area contributed by atoms with E-state index in [2.05, 4.69) is 18.8 Å². The van der Waals surface area contributed by atoms with E-state index in [1.807, 2.05) is 31.2 Å². The highest BCUT2D eigenvalue weighted by molar-refractivity contribution is 7.89. The molecule has 10 heteroatoms. The van der Waals surface area contributed by atoms with Crippen molar-refractivity contribution in [1.29, 1.82) is 0 Å². The molecule has 8 nitrogen and oxygen atoms in total. The summed E-state index contributed by atoms with van der Waals surface area (Å²) < 4.78 is 42.1. The number of amides is 1. The number of benzene rings is 2. The number of fused-ring (bicyclic) bond motifs is 1. The van der Waals surface area contributed by atoms with Gasteiger partial charge in [-0.3, -0.25) is 4.79 Å². The lowest BCUT2D eigenvalue weighted by Gasteiger charge is -2.28. The molecule has 1 saturated carbocycles. The number of aromatic nitrogens is 2. The van der Waals surface area contributed by atoms with Crippen LogP contribution in [0.25, 0.3) is 11.0 Å². The molecular formula is C22H26N4O4S2. The molecule has 4 rings (SSSR count). The monoisotopic (exact) mass is 474 g/mol. The highest BCUT2D eigenvalue weighted by Crippen LogP contribution is 2.31. The highest BCUT2D eigenvalue weighted by Gasteiger charge is 2.28. The van der Waals surface area contributed by atoms with Crippen LogP contribution in [0.1, 0.15) is 32.6 Å². The molecule has 1 aromatic heterocycles. The van der Waals surface area contributed by atoms with E-state index < -0.39 is 10.0 Å². The van der Waals surface area contributed by atoms with Crippen molar-refractivity contribution in [2.24, 2.45) is 11.8 Å². The van der Waals surface area contributed by atoms with Gasteiger partial charge in [-0.05, 0) is 62.8 Å². The third kappa shape index (κ3) is 5.08. The minimum atomic E-state index is -3.68. The summed E-state index contributed by atoms with van der Waals surface area (Å²) in [6.07, 6.45) is 3.02. The van der Waals surface area contributed by atoms with Gasteiger partial charge in [0, 0.05) is 12.5 Å². The van der Waals surface area contributed by atoms with Gasteiger partial charge in [0.15, 0.2) is 0 Å². The zero-order valence-corrected chi connectivity index (χ0v) is 19.4. The van der Waals surface area contributed by atoms with Gasteiger partial charge in [-0.2, -0.15) is 8.75 Å². The number of para-hydroxylation sites is 2. The topological polar surface area (TPSA) is 110 Å². The lowest BCUT2D eigenvalue weighted by atomic mass is 9.81. The Kier molecular flexibility index (Phi) is 7.02. The first-order valence-corrected chi connectivity index (χ1v) is 12.9. The number of carbonyl (C=O) groups is 1. The molecule has 3 aromatic rings. The van der Waals surface area contributed by atoms with Crippen molar-refractivity contribution in [3.8, 4) is 5.75 Å². The average Bonchev–Trinajstić information content (AvgIpc) is 3.28. The van der Waals surface area contributed by atoms with Crippen molar-refractivity contribution >= 4 is 44.4 Å². The Labute approximate surface area is 191 Å². The summed E-state index contributed by atoms with van der Waals surface area (Å²) >= 11 is 0.998. The molecule has 32 heavy (non-hydrogen) atoms. The molecule has 0 aliphatic heterocycles. The second-order valence-corrected chi connectivity index (χ2v) is 10.1. The summed E-state index contributed by atoms with van der Waals surface area (Å²) in [5, 5.41) is 2.98. The number of nitrogens with zero attached hydrogens (tertiary/aromatic N) is 2. The third-order valence-corrected chi connectivity index (χ3v) is 7.76. The maximum absolute atomic E-state index is 12.8. The Balaban J connectivity index is 1.30. The van der Waals surface area contributed by atoms with Crippen LogP contribution in [0.15, 0.2) is 47.4 Å². The van der Waals surface area contributed by atoms with Crippen LogP contribution in [0.3, 0.4) is 0 Å². The van der Waals surface area contributed by atoms with E-state index in [-0.39, 0.29) is 22.6 Å². The Morgan fingerprint density at radius 1 is 1.09 bits per heavy atom. The van der Waals surface area contributed by atoms with E-state index in [0.29, 0.717) is 35.6 Å². The van der Waals surface area contributed by atoms with Gasteiger partial charge in [-0.25, -0.2) is 13.1 Å². The van der Waals surface area contributed by atoms with Crippen molar-refractivity contribution in [3.05, 3.63) is 42.5 Å². The molecule has 170 valence electrons. The van der Waals surface area contributed by atoms with E-state index in [0.717, 1.165) is 37.4 Å². The van der Waals surface area contributed by atoms with Crippen molar-refractivity contribution in [2.45, 2.75) is 37.5 Å². The van der Waals surface area contributed by atoms with Gasteiger partial charge < -0.3 is 10.1 Å². The molecular weight excluding hydrogens is 448 g/mol. The zero-order chi connectivity index (χ0) is 22.6. The largest absolute Gasteiger partial charge is 0.492 e. The Bertz CT molecular complexity index is 1190. The summed E-state index contributed by atoms with van der Waals surface area (Å²) in [6.45, 7) is 2.78. The van der Waals surface area contributed by atoms with Gasteiger partial charge in [-0.15, -0.1) is 0 Å². The molecule has 1 aliphatic carbocycles. The van der Waals surface area contributed by atoms with Gasteiger partial charge in [0.2, 0.25) is 15.9 Å². The summed E-state index contributed by atoms with van der Waals surface area (Å²) in [5.74, 6) is 0.750. The molecule has 0 atom stereocenters. The lowest BCUT2D eigenvalue weighted by molar-refractivity contribution is -0.121. The number of hydrogen-bond acceptors (Lipinski definition) is 7. The van der Waals surface area contributed by atoms with Crippen LogP contribution in [0.4, 0.5) is 5.69 Å². The molecule has 0 unspecified atom stereocenters. The van der Waals surface area contributed by atoms with Crippen molar-refractivity contribution in [1.82, 2.24) is 13.5 Å². The normalized spacial score (nSPS) is 19.0. The van der Waals surface area contributed by atoms with Crippen LogP contribution in [0.2, 0.25) is 0 Å². The summed E-state index contributed by atoms with van der Waals surface area (Å²) in [4.78, 5) is 12.9. The first-order valence-electron chi connectivity index (χ1n) is 10.7. The van der Waals surface area contributed by atoms with Crippen LogP contribution in [-0.4, -0.2) is 36.2 Å². The van der Waals surface area contributed by atoms with Gasteiger partial charge in [0.25, 0.3) is 0 Å². The fraction of sp³-hybridized carbons (Fsp3) is 0.409. The third-order valence-electron chi connectivity index (χ3n) is 5.76. The maximum atomic E-state index is 12.8. The minimum absolute atomic E-state index is 0.0149. The van der Waals surface area contributed by atoms with Crippen LogP contribution < -0.4 is 14.8 Å². The quantitative estimate of drug-likeness (QED) is 0.514. The Morgan fingerprint density at radius 2 is 1.88 bits per heavy atom. The Morgan fingerprint density at radius 3 is 2.66 bits per heavy atom. The number of carbonyl (C=O) groups excluding carboxylic acids is 1. The predicted octanol–water partition coefficient (Wildman–Crippen LogP) is 3.81. The van der Waals surface area contributed by atoms with Crippen LogP contribution >= 0.6 is 11.7 Å². The molecule has 2 aromatic carbocycles. The average molecular weight is 475 g/mol. The molecule has 0 saturated heterocycles. The Hall–Kier alpha value is -2.56. The lowest BCUT2D eigenvalue weighted by Crippen LogP contribution is -2.33. The summed E-state index contributed by atoms with van der Waals surface area (Å²) in [7, 11) is -3.68. The smallest absolute Gasteiger partial charge is 0.242 e. The predicted molar refractivity (Wildman–Crippen MR) is 124 cm³/mol. The van der Waals surface area contributed by atoms with Crippen molar-refractivity contribution in [3.63, 3.8) is 0 Å². The highest BCUT2D eigenvalue weighted by atomic mass is 32.2. The standard InChI is InChI=1S/C22H26N4O4S2/c1-2-30-19-8-4-3-6-17(19)24-22(27)16-12-10-15(11-13-16)14-23-32(28,29)20-9-5-7-18-21(20)26-31-25-18/h3-9,15-16,23H,2,10-14H2,1H3,(H,24,27). The van der Waals surface area contributed by atoms with E-state index in [1.165, 1.54) is 0 Å². The number of ether oxygens (including phenoxy) is 1. The molecule has 2 N–H and O–H groups in total. The van der Waals surface area contributed by atoms with E-state index in [1.54, 1.807) is 18.2 Å².